The molecule has 0 spiro atoms. The summed E-state index contributed by atoms with van der Waals surface area (Å²) in [6, 6.07) is 0.447. The van der Waals surface area contributed by atoms with Crippen LogP contribution in [0.15, 0.2) is 17.8 Å². The standard InChI is InChI=1S/C10H18N2/c1-5-10(3,4)9-6-7-11-12-8(9)2/h5,7-9,12H,1,6H2,2-4H3/t8-,9+/m1/s1. The van der Waals surface area contributed by atoms with Gasteiger partial charge in [0, 0.05) is 12.3 Å². The second-order valence-corrected chi connectivity index (χ2v) is 4.10. The molecule has 2 nitrogen and oxygen atoms in total. The van der Waals surface area contributed by atoms with E-state index in [1.165, 1.54) is 0 Å². The highest BCUT2D eigenvalue weighted by molar-refractivity contribution is 5.58. The third kappa shape index (κ3) is 1.68. The molecular formula is C10H18N2. The van der Waals surface area contributed by atoms with Crippen LogP contribution in [-0.4, -0.2) is 12.3 Å². The van der Waals surface area contributed by atoms with Crippen LogP contribution in [0.1, 0.15) is 27.2 Å². The molecule has 0 aromatic heterocycles. The maximum atomic E-state index is 4.05. The van der Waals surface area contributed by atoms with Crippen molar-refractivity contribution in [1.29, 1.82) is 0 Å². The molecule has 0 unspecified atom stereocenters. The van der Waals surface area contributed by atoms with Crippen LogP contribution < -0.4 is 5.43 Å². The normalized spacial score (nSPS) is 29.6. The minimum Gasteiger partial charge on any atom is -0.307 e. The van der Waals surface area contributed by atoms with Gasteiger partial charge in [-0.15, -0.1) is 6.58 Å². The molecular weight excluding hydrogens is 148 g/mol. The average molecular weight is 166 g/mol. The first-order chi connectivity index (χ1) is 5.58. The first kappa shape index (κ1) is 9.30. The van der Waals surface area contributed by atoms with Gasteiger partial charge in [0.2, 0.25) is 0 Å². The topological polar surface area (TPSA) is 24.4 Å². The van der Waals surface area contributed by atoms with Crippen molar-refractivity contribution in [1.82, 2.24) is 5.43 Å². The van der Waals surface area contributed by atoms with Crippen LogP contribution in [-0.2, 0) is 0 Å². The van der Waals surface area contributed by atoms with Crippen molar-refractivity contribution in [2.75, 3.05) is 0 Å². The molecule has 2 heteroatoms. The minimum atomic E-state index is 0.193. The van der Waals surface area contributed by atoms with Crippen LogP contribution in [0.5, 0.6) is 0 Å². The summed E-state index contributed by atoms with van der Waals surface area (Å²) in [6.45, 7) is 10.5. The third-order valence-electron chi connectivity index (χ3n) is 2.81. The largest absolute Gasteiger partial charge is 0.307 e. The van der Waals surface area contributed by atoms with Gasteiger partial charge in [0.05, 0.1) is 0 Å². The number of rotatable bonds is 2. The van der Waals surface area contributed by atoms with Gasteiger partial charge in [-0.3, -0.25) is 0 Å². The summed E-state index contributed by atoms with van der Waals surface area (Å²) in [5.41, 5.74) is 3.29. The maximum Gasteiger partial charge on any atom is 0.0451 e. The Morgan fingerprint density at radius 3 is 2.83 bits per heavy atom. The molecule has 1 rings (SSSR count). The van der Waals surface area contributed by atoms with E-state index >= 15 is 0 Å². The van der Waals surface area contributed by atoms with Crippen molar-refractivity contribution in [3.63, 3.8) is 0 Å². The van der Waals surface area contributed by atoms with Crippen LogP contribution >= 0.6 is 0 Å². The Morgan fingerprint density at radius 2 is 2.33 bits per heavy atom. The smallest absolute Gasteiger partial charge is 0.0451 e. The molecule has 0 saturated carbocycles. The molecule has 1 heterocycles. The van der Waals surface area contributed by atoms with Crippen molar-refractivity contribution in [3.05, 3.63) is 12.7 Å². The van der Waals surface area contributed by atoms with Crippen LogP contribution in [0.3, 0.4) is 0 Å². The highest BCUT2D eigenvalue weighted by Gasteiger charge is 2.31. The third-order valence-corrected chi connectivity index (χ3v) is 2.81. The molecule has 68 valence electrons. The highest BCUT2D eigenvalue weighted by atomic mass is 15.3. The molecule has 12 heavy (non-hydrogen) atoms. The van der Waals surface area contributed by atoms with E-state index < -0.39 is 0 Å². The molecule has 0 aromatic carbocycles. The molecule has 0 aromatic rings. The monoisotopic (exact) mass is 166 g/mol. The lowest BCUT2D eigenvalue weighted by Gasteiger charge is -2.36. The van der Waals surface area contributed by atoms with Crippen LogP contribution in [0.4, 0.5) is 0 Å². The Bertz CT molecular complexity index is 194. The summed E-state index contributed by atoms with van der Waals surface area (Å²) >= 11 is 0. The Morgan fingerprint density at radius 1 is 1.67 bits per heavy atom. The SMILES string of the molecule is C=CC(C)(C)[C@H]1CC=NN[C@@H]1C. The Kier molecular flexibility index (Phi) is 2.55. The Labute approximate surface area is 74.7 Å². The van der Waals surface area contributed by atoms with E-state index in [1.54, 1.807) is 0 Å². The van der Waals surface area contributed by atoms with E-state index in [0.29, 0.717) is 12.0 Å². The fourth-order valence-corrected chi connectivity index (χ4v) is 1.73. The average Bonchev–Trinajstić information content (AvgIpc) is 2.05. The minimum absolute atomic E-state index is 0.193. The Balaban J connectivity index is 2.73. The summed E-state index contributed by atoms with van der Waals surface area (Å²) < 4.78 is 0. The van der Waals surface area contributed by atoms with Crippen molar-refractivity contribution in [2.45, 2.75) is 33.2 Å². The van der Waals surface area contributed by atoms with E-state index in [-0.39, 0.29) is 5.41 Å². The molecule has 0 aliphatic carbocycles. The fraction of sp³-hybridized carbons (Fsp3) is 0.700. The molecule has 1 aliphatic rings. The second-order valence-electron chi connectivity index (χ2n) is 4.10. The molecule has 1 N–H and O–H groups in total. The molecule has 0 radical (unpaired) electrons. The van der Waals surface area contributed by atoms with Crippen molar-refractivity contribution in [2.24, 2.45) is 16.4 Å². The van der Waals surface area contributed by atoms with E-state index in [1.807, 2.05) is 12.3 Å². The van der Waals surface area contributed by atoms with Gasteiger partial charge < -0.3 is 5.43 Å². The highest BCUT2D eigenvalue weighted by Crippen LogP contribution is 2.33. The number of hydrogen-bond donors (Lipinski definition) is 1. The summed E-state index contributed by atoms with van der Waals surface area (Å²) in [7, 11) is 0. The molecule has 0 saturated heterocycles. The van der Waals surface area contributed by atoms with E-state index in [9.17, 15) is 0 Å². The number of nitrogens with zero attached hydrogens (tertiary/aromatic N) is 1. The first-order valence-corrected chi connectivity index (χ1v) is 4.48. The molecule has 1 aliphatic heterocycles. The van der Waals surface area contributed by atoms with Crippen molar-refractivity contribution >= 4 is 6.21 Å². The fourth-order valence-electron chi connectivity index (χ4n) is 1.73. The molecule has 0 fully saturated rings. The number of allylic oxidation sites excluding steroid dienone is 1. The summed E-state index contributed by atoms with van der Waals surface area (Å²) in [6.07, 6.45) is 5.04. The summed E-state index contributed by atoms with van der Waals surface area (Å²) in [5, 5.41) is 4.05. The predicted octanol–water partition coefficient (Wildman–Crippen LogP) is 2.18. The summed E-state index contributed by atoms with van der Waals surface area (Å²) in [5.74, 6) is 0.604. The zero-order valence-electron chi connectivity index (χ0n) is 8.17. The lowest BCUT2D eigenvalue weighted by atomic mass is 9.73. The second kappa shape index (κ2) is 3.30. The molecule has 0 bridgehead atoms. The molecule has 0 amide bonds. The van der Waals surface area contributed by atoms with Gasteiger partial charge in [-0.2, -0.15) is 5.10 Å². The van der Waals surface area contributed by atoms with Gasteiger partial charge in [0.25, 0.3) is 0 Å². The van der Waals surface area contributed by atoms with Gasteiger partial charge in [-0.05, 0) is 24.7 Å². The predicted molar refractivity (Wildman–Crippen MR) is 53.2 cm³/mol. The van der Waals surface area contributed by atoms with Gasteiger partial charge in [-0.25, -0.2) is 0 Å². The van der Waals surface area contributed by atoms with Gasteiger partial charge >= 0.3 is 0 Å². The van der Waals surface area contributed by atoms with E-state index in [2.05, 4.69) is 37.9 Å². The quantitative estimate of drug-likeness (QED) is 0.625. The van der Waals surface area contributed by atoms with Gasteiger partial charge in [0.1, 0.15) is 0 Å². The van der Waals surface area contributed by atoms with Crippen LogP contribution in [0.2, 0.25) is 0 Å². The lowest BCUT2D eigenvalue weighted by Crippen LogP contribution is -2.41. The number of nitrogens with one attached hydrogen (secondary N) is 1. The van der Waals surface area contributed by atoms with Crippen LogP contribution in [0, 0.1) is 11.3 Å². The van der Waals surface area contributed by atoms with E-state index in [0.717, 1.165) is 6.42 Å². The number of hydrogen-bond acceptors (Lipinski definition) is 2. The molecule has 2 atom stereocenters. The zero-order valence-corrected chi connectivity index (χ0v) is 8.17. The van der Waals surface area contributed by atoms with E-state index in [4.69, 9.17) is 0 Å². The zero-order chi connectivity index (χ0) is 9.19. The van der Waals surface area contributed by atoms with Gasteiger partial charge in [0.15, 0.2) is 0 Å². The summed E-state index contributed by atoms with van der Waals surface area (Å²) in [4.78, 5) is 0. The number of hydrazone groups is 1. The van der Waals surface area contributed by atoms with Gasteiger partial charge in [-0.1, -0.05) is 19.9 Å². The van der Waals surface area contributed by atoms with Crippen LogP contribution in [0.25, 0.3) is 0 Å². The first-order valence-electron chi connectivity index (χ1n) is 4.48. The maximum absolute atomic E-state index is 4.05. The lowest BCUT2D eigenvalue weighted by molar-refractivity contribution is 0.220. The Hall–Kier alpha value is -0.790. The van der Waals surface area contributed by atoms with Crippen molar-refractivity contribution < 1.29 is 0 Å². The van der Waals surface area contributed by atoms with Crippen molar-refractivity contribution in [3.8, 4) is 0 Å².